The van der Waals surface area contributed by atoms with Crippen LogP contribution in [0.15, 0.2) is 49.2 Å². The molecule has 0 aliphatic heterocycles. The van der Waals surface area contributed by atoms with Crippen molar-refractivity contribution in [1.82, 2.24) is 0 Å². The SMILES string of the molecule is C=CC(O)C1(C(=C)Nc2ccc(F)cc2)CC1. The summed E-state index contributed by atoms with van der Waals surface area (Å²) in [6, 6.07) is 6.08. The van der Waals surface area contributed by atoms with Crippen molar-refractivity contribution in [3.8, 4) is 0 Å². The Morgan fingerprint density at radius 3 is 2.47 bits per heavy atom. The Bertz CT molecular complexity index is 434. The number of aliphatic hydroxyl groups is 1. The van der Waals surface area contributed by atoms with Crippen molar-refractivity contribution in [2.45, 2.75) is 18.9 Å². The van der Waals surface area contributed by atoms with Crippen molar-refractivity contribution < 1.29 is 9.50 Å². The standard InChI is InChI=1S/C14H16FNO/c1-3-13(17)14(8-9-14)10(2)16-12-6-4-11(15)5-7-12/h3-7,13,16-17H,1-2,8-9H2. The normalized spacial score (nSPS) is 18.2. The van der Waals surface area contributed by atoms with Crippen LogP contribution in [0.2, 0.25) is 0 Å². The summed E-state index contributed by atoms with van der Waals surface area (Å²) in [5.41, 5.74) is 1.24. The molecule has 2 nitrogen and oxygen atoms in total. The second-order valence-corrected chi connectivity index (χ2v) is 4.45. The molecule has 17 heavy (non-hydrogen) atoms. The van der Waals surface area contributed by atoms with Gasteiger partial charge in [0.2, 0.25) is 0 Å². The number of hydrogen-bond donors (Lipinski definition) is 2. The lowest BCUT2D eigenvalue weighted by Gasteiger charge is -2.23. The summed E-state index contributed by atoms with van der Waals surface area (Å²) in [4.78, 5) is 0. The summed E-state index contributed by atoms with van der Waals surface area (Å²) in [6.07, 6.45) is 2.74. The highest BCUT2D eigenvalue weighted by Gasteiger charge is 2.50. The molecule has 2 rings (SSSR count). The topological polar surface area (TPSA) is 32.3 Å². The maximum absolute atomic E-state index is 12.7. The predicted molar refractivity (Wildman–Crippen MR) is 67.0 cm³/mol. The van der Waals surface area contributed by atoms with Gasteiger partial charge in [-0.25, -0.2) is 4.39 Å². The largest absolute Gasteiger partial charge is 0.388 e. The van der Waals surface area contributed by atoms with Gasteiger partial charge in [-0.2, -0.15) is 0 Å². The number of benzene rings is 1. The second-order valence-electron chi connectivity index (χ2n) is 4.45. The Morgan fingerprint density at radius 2 is 2.00 bits per heavy atom. The number of nitrogens with one attached hydrogen (secondary N) is 1. The van der Waals surface area contributed by atoms with Crippen LogP contribution in [-0.4, -0.2) is 11.2 Å². The lowest BCUT2D eigenvalue weighted by Crippen LogP contribution is -2.24. The van der Waals surface area contributed by atoms with E-state index in [-0.39, 0.29) is 11.2 Å². The van der Waals surface area contributed by atoms with Crippen molar-refractivity contribution in [1.29, 1.82) is 0 Å². The molecule has 90 valence electrons. The molecule has 1 aromatic rings. The number of hydrogen-bond acceptors (Lipinski definition) is 2. The average molecular weight is 233 g/mol. The van der Waals surface area contributed by atoms with Crippen LogP contribution in [0.1, 0.15) is 12.8 Å². The van der Waals surface area contributed by atoms with E-state index in [2.05, 4.69) is 18.5 Å². The molecule has 1 atom stereocenters. The fourth-order valence-corrected chi connectivity index (χ4v) is 1.97. The van der Waals surface area contributed by atoms with Crippen LogP contribution in [0.5, 0.6) is 0 Å². The first kappa shape index (κ1) is 11.9. The summed E-state index contributed by atoms with van der Waals surface area (Å²) < 4.78 is 12.7. The molecule has 1 unspecified atom stereocenters. The Balaban J connectivity index is 2.07. The molecule has 0 radical (unpaired) electrons. The molecule has 1 fully saturated rings. The van der Waals surface area contributed by atoms with Crippen LogP contribution in [-0.2, 0) is 0 Å². The number of anilines is 1. The van der Waals surface area contributed by atoms with Gasteiger partial charge in [0.1, 0.15) is 5.82 Å². The Morgan fingerprint density at radius 1 is 1.41 bits per heavy atom. The number of aliphatic hydroxyl groups excluding tert-OH is 1. The van der Waals surface area contributed by atoms with E-state index in [1.54, 1.807) is 12.1 Å². The van der Waals surface area contributed by atoms with Gasteiger partial charge in [-0.05, 0) is 37.1 Å². The summed E-state index contributed by atoms with van der Waals surface area (Å²) in [6.45, 7) is 7.56. The minimum atomic E-state index is -0.581. The van der Waals surface area contributed by atoms with E-state index in [9.17, 15) is 9.50 Å². The molecule has 3 heteroatoms. The highest BCUT2D eigenvalue weighted by Crippen LogP contribution is 2.54. The van der Waals surface area contributed by atoms with Gasteiger partial charge < -0.3 is 10.4 Å². The highest BCUT2D eigenvalue weighted by molar-refractivity contribution is 5.50. The van der Waals surface area contributed by atoms with Crippen LogP contribution in [0.25, 0.3) is 0 Å². The first-order valence-corrected chi connectivity index (χ1v) is 5.61. The Hall–Kier alpha value is -1.61. The zero-order valence-corrected chi connectivity index (χ0v) is 9.62. The van der Waals surface area contributed by atoms with E-state index in [1.807, 2.05) is 0 Å². The summed E-state index contributed by atoms with van der Waals surface area (Å²) >= 11 is 0. The van der Waals surface area contributed by atoms with Gasteiger partial charge in [-0.15, -0.1) is 6.58 Å². The number of halogens is 1. The molecule has 1 aromatic carbocycles. The second kappa shape index (κ2) is 4.34. The van der Waals surface area contributed by atoms with E-state index in [4.69, 9.17) is 0 Å². The van der Waals surface area contributed by atoms with E-state index >= 15 is 0 Å². The molecule has 0 bridgehead atoms. The van der Waals surface area contributed by atoms with Crippen LogP contribution in [0, 0.1) is 11.2 Å². The van der Waals surface area contributed by atoms with Gasteiger partial charge in [0, 0.05) is 16.8 Å². The van der Waals surface area contributed by atoms with E-state index < -0.39 is 6.10 Å². The zero-order valence-electron chi connectivity index (χ0n) is 9.62. The van der Waals surface area contributed by atoms with Crippen molar-refractivity contribution in [2.75, 3.05) is 5.32 Å². The molecule has 1 saturated carbocycles. The van der Waals surface area contributed by atoms with Crippen molar-refractivity contribution in [3.63, 3.8) is 0 Å². The predicted octanol–water partition coefficient (Wildman–Crippen LogP) is 3.08. The smallest absolute Gasteiger partial charge is 0.123 e. The Kier molecular flexibility index (Phi) is 3.03. The molecule has 1 aliphatic rings. The summed E-state index contributed by atoms with van der Waals surface area (Å²) in [7, 11) is 0. The van der Waals surface area contributed by atoms with E-state index in [0.29, 0.717) is 0 Å². The Labute approximate surface area is 100 Å². The monoisotopic (exact) mass is 233 g/mol. The summed E-state index contributed by atoms with van der Waals surface area (Å²) in [5.74, 6) is -0.270. The molecule has 2 N–H and O–H groups in total. The average Bonchev–Trinajstić information content (AvgIpc) is 3.12. The quantitative estimate of drug-likeness (QED) is 0.766. The minimum absolute atomic E-state index is 0.270. The van der Waals surface area contributed by atoms with Gasteiger partial charge in [-0.3, -0.25) is 0 Å². The van der Waals surface area contributed by atoms with E-state index in [1.165, 1.54) is 18.2 Å². The van der Waals surface area contributed by atoms with Crippen LogP contribution in [0.4, 0.5) is 10.1 Å². The van der Waals surface area contributed by atoms with Crippen LogP contribution >= 0.6 is 0 Å². The van der Waals surface area contributed by atoms with Gasteiger partial charge in [0.15, 0.2) is 0 Å². The van der Waals surface area contributed by atoms with Gasteiger partial charge in [-0.1, -0.05) is 12.7 Å². The first-order valence-electron chi connectivity index (χ1n) is 5.61. The molecular formula is C14H16FNO. The minimum Gasteiger partial charge on any atom is -0.388 e. The van der Waals surface area contributed by atoms with Gasteiger partial charge in [0.05, 0.1) is 6.10 Å². The van der Waals surface area contributed by atoms with E-state index in [0.717, 1.165) is 24.2 Å². The lowest BCUT2D eigenvalue weighted by molar-refractivity contribution is 0.159. The fourth-order valence-electron chi connectivity index (χ4n) is 1.97. The maximum Gasteiger partial charge on any atom is 0.123 e. The van der Waals surface area contributed by atoms with Crippen molar-refractivity contribution in [2.24, 2.45) is 5.41 Å². The first-order chi connectivity index (χ1) is 8.08. The molecule has 0 aromatic heterocycles. The number of rotatable bonds is 5. The lowest BCUT2D eigenvalue weighted by atomic mass is 9.95. The molecule has 0 heterocycles. The summed E-state index contributed by atoms with van der Waals surface area (Å²) in [5, 5.41) is 13.0. The molecule has 0 saturated heterocycles. The van der Waals surface area contributed by atoms with Crippen molar-refractivity contribution >= 4 is 5.69 Å². The molecule has 0 spiro atoms. The maximum atomic E-state index is 12.7. The highest BCUT2D eigenvalue weighted by atomic mass is 19.1. The third-order valence-electron chi connectivity index (χ3n) is 3.32. The van der Waals surface area contributed by atoms with Crippen LogP contribution in [0.3, 0.4) is 0 Å². The third kappa shape index (κ3) is 2.24. The molecule has 0 amide bonds. The van der Waals surface area contributed by atoms with Crippen molar-refractivity contribution in [3.05, 3.63) is 55.0 Å². The fraction of sp³-hybridized carbons (Fsp3) is 0.286. The van der Waals surface area contributed by atoms with Gasteiger partial charge in [0.25, 0.3) is 0 Å². The zero-order chi connectivity index (χ0) is 12.5. The third-order valence-corrected chi connectivity index (χ3v) is 3.32. The van der Waals surface area contributed by atoms with Crippen LogP contribution < -0.4 is 5.32 Å². The molecular weight excluding hydrogens is 217 g/mol. The molecule has 1 aliphatic carbocycles. The van der Waals surface area contributed by atoms with Gasteiger partial charge >= 0.3 is 0 Å².